The number of halogens is 2. The Morgan fingerprint density at radius 2 is 2.05 bits per heavy atom. The van der Waals surface area contributed by atoms with Gasteiger partial charge in [0.1, 0.15) is 4.34 Å². The van der Waals surface area contributed by atoms with E-state index < -0.39 is 0 Å². The number of aryl methyl sites for hydroxylation is 2. The summed E-state index contributed by atoms with van der Waals surface area (Å²) in [5.41, 5.74) is 4.06. The topological polar surface area (TPSA) is 12.0 Å². The van der Waals surface area contributed by atoms with Crippen molar-refractivity contribution < 1.29 is 0 Å². The highest BCUT2D eigenvalue weighted by molar-refractivity contribution is 9.10. The fourth-order valence-electron chi connectivity index (χ4n) is 2.29. The molecule has 20 heavy (non-hydrogen) atoms. The van der Waals surface area contributed by atoms with E-state index in [0.717, 1.165) is 21.8 Å². The van der Waals surface area contributed by atoms with Gasteiger partial charge in [-0.1, -0.05) is 42.3 Å². The summed E-state index contributed by atoms with van der Waals surface area (Å²) in [4.78, 5) is 1.28. The molecule has 0 bridgehead atoms. The predicted octanol–water partition coefficient (Wildman–Crippen LogP) is 5.67. The average molecular weight is 373 g/mol. The molecule has 108 valence electrons. The maximum absolute atomic E-state index is 6.18. The highest BCUT2D eigenvalue weighted by Crippen LogP contribution is 2.36. The molecule has 2 aromatic rings. The van der Waals surface area contributed by atoms with E-state index in [-0.39, 0.29) is 0 Å². The normalized spacial score (nSPS) is 12.7. The summed E-state index contributed by atoms with van der Waals surface area (Å²) in [6, 6.07) is 9.09. The molecule has 1 heterocycles. The summed E-state index contributed by atoms with van der Waals surface area (Å²) in [6.45, 7) is 7.40. The summed E-state index contributed by atoms with van der Waals surface area (Å²) in [7, 11) is 0. The van der Waals surface area contributed by atoms with Crippen molar-refractivity contribution in [3.05, 3.63) is 54.6 Å². The molecule has 1 atom stereocenters. The van der Waals surface area contributed by atoms with Crippen LogP contribution in [0.4, 0.5) is 0 Å². The van der Waals surface area contributed by atoms with Crippen molar-refractivity contribution in [3.63, 3.8) is 0 Å². The Balaban J connectivity index is 2.27. The van der Waals surface area contributed by atoms with Crippen LogP contribution in [0, 0.1) is 13.8 Å². The molecule has 4 heteroatoms. The Bertz CT molecular complexity index is 575. The molecule has 0 fully saturated rings. The minimum absolute atomic E-state index is 0.314. The van der Waals surface area contributed by atoms with Gasteiger partial charge in [0.05, 0.1) is 0 Å². The van der Waals surface area contributed by atoms with Gasteiger partial charge in [0, 0.05) is 15.4 Å². The van der Waals surface area contributed by atoms with Crippen molar-refractivity contribution in [1.29, 1.82) is 0 Å². The zero-order valence-corrected chi connectivity index (χ0v) is 15.1. The molecule has 0 spiro atoms. The largest absolute Gasteiger partial charge is 0.309 e. The molecule has 1 aromatic carbocycles. The second kappa shape index (κ2) is 7.08. The molecular formula is C16H19BrClNS. The molecule has 0 saturated carbocycles. The number of hydrogen-bond acceptors (Lipinski definition) is 2. The number of thiophene rings is 1. The van der Waals surface area contributed by atoms with Gasteiger partial charge in [-0.2, -0.15) is 0 Å². The van der Waals surface area contributed by atoms with Gasteiger partial charge in [-0.3, -0.25) is 0 Å². The third-order valence-electron chi connectivity index (χ3n) is 3.39. The van der Waals surface area contributed by atoms with Crippen LogP contribution in [0.1, 0.15) is 34.5 Å². The summed E-state index contributed by atoms with van der Waals surface area (Å²) in [5.74, 6) is 0. The Morgan fingerprint density at radius 3 is 2.65 bits per heavy atom. The first-order valence-electron chi connectivity index (χ1n) is 6.75. The maximum atomic E-state index is 6.18. The van der Waals surface area contributed by atoms with Crippen molar-refractivity contribution in [1.82, 2.24) is 5.32 Å². The van der Waals surface area contributed by atoms with Gasteiger partial charge in [0.25, 0.3) is 0 Å². The lowest BCUT2D eigenvalue weighted by molar-refractivity contribution is 0.557. The van der Waals surface area contributed by atoms with E-state index in [9.17, 15) is 0 Å². The van der Waals surface area contributed by atoms with E-state index in [1.807, 2.05) is 0 Å². The van der Waals surface area contributed by atoms with Gasteiger partial charge in [-0.05, 0) is 59.9 Å². The van der Waals surface area contributed by atoms with Crippen molar-refractivity contribution in [2.45, 2.75) is 33.2 Å². The smallest absolute Gasteiger partial charge is 0.107 e. The van der Waals surface area contributed by atoms with Crippen LogP contribution in [0.25, 0.3) is 0 Å². The highest BCUT2D eigenvalue weighted by atomic mass is 79.9. The van der Waals surface area contributed by atoms with Crippen LogP contribution in [0.15, 0.2) is 28.7 Å². The number of nitrogens with one attached hydrogen (secondary N) is 1. The SMILES string of the molecule is CCNC(Cc1cc(C)ccc1C)c1cc(Br)c(Cl)s1. The monoisotopic (exact) mass is 371 g/mol. The van der Waals surface area contributed by atoms with Crippen LogP contribution >= 0.6 is 38.9 Å². The second-order valence-electron chi connectivity index (χ2n) is 5.01. The molecule has 0 aliphatic heterocycles. The molecule has 1 nitrogen and oxygen atoms in total. The van der Waals surface area contributed by atoms with E-state index in [1.54, 1.807) is 11.3 Å². The number of benzene rings is 1. The van der Waals surface area contributed by atoms with Crippen LogP contribution < -0.4 is 5.32 Å². The fourth-order valence-corrected chi connectivity index (χ4v) is 4.11. The summed E-state index contributed by atoms with van der Waals surface area (Å²) in [6.07, 6.45) is 0.991. The van der Waals surface area contributed by atoms with E-state index in [1.165, 1.54) is 21.6 Å². The zero-order chi connectivity index (χ0) is 14.7. The number of likely N-dealkylation sites (N-methyl/N-ethyl adjacent to an activating group) is 1. The molecule has 2 rings (SSSR count). The predicted molar refractivity (Wildman–Crippen MR) is 93.1 cm³/mol. The van der Waals surface area contributed by atoms with Gasteiger partial charge < -0.3 is 5.32 Å². The Kier molecular flexibility index (Phi) is 5.67. The molecule has 1 aromatic heterocycles. The standard InChI is InChI=1S/C16H19BrClNS/c1-4-19-14(15-9-13(17)16(18)20-15)8-12-7-10(2)5-6-11(12)3/h5-7,9,14,19H,4,8H2,1-3H3. The molecule has 0 aliphatic carbocycles. The second-order valence-corrected chi connectivity index (χ2v) is 7.55. The van der Waals surface area contributed by atoms with Crippen molar-refractivity contribution >= 4 is 38.9 Å². The molecule has 1 unspecified atom stereocenters. The van der Waals surface area contributed by atoms with Crippen molar-refractivity contribution in [2.24, 2.45) is 0 Å². The van der Waals surface area contributed by atoms with Crippen molar-refractivity contribution in [2.75, 3.05) is 6.54 Å². The lowest BCUT2D eigenvalue weighted by Gasteiger charge is -2.18. The maximum Gasteiger partial charge on any atom is 0.107 e. The first kappa shape index (κ1) is 16.0. The minimum Gasteiger partial charge on any atom is -0.309 e. The first-order valence-corrected chi connectivity index (χ1v) is 8.74. The molecule has 0 aliphatic rings. The van der Waals surface area contributed by atoms with Gasteiger partial charge >= 0.3 is 0 Å². The average Bonchev–Trinajstić information content (AvgIpc) is 2.73. The highest BCUT2D eigenvalue weighted by Gasteiger charge is 2.16. The van der Waals surface area contributed by atoms with Crippen LogP contribution in [-0.4, -0.2) is 6.54 Å². The first-order chi connectivity index (χ1) is 9.51. The molecule has 1 N–H and O–H groups in total. The van der Waals surface area contributed by atoms with Gasteiger partial charge in [-0.15, -0.1) is 11.3 Å². The third-order valence-corrected chi connectivity index (χ3v) is 5.98. The van der Waals surface area contributed by atoms with Crippen LogP contribution in [-0.2, 0) is 6.42 Å². The summed E-state index contributed by atoms with van der Waals surface area (Å²) >= 11 is 11.3. The summed E-state index contributed by atoms with van der Waals surface area (Å²) < 4.78 is 1.81. The number of hydrogen-bond donors (Lipinski definition) is 1. The zero-order valence-electron chi connectivity index (χ0n) is 12.0. The fraction of sp³-hybridized carbons (Fsp3) is 0.375. The molecule has 0 radical (unpaired) electrons. The van der Waals surface area contributed by atoms with E-state index in [0.29, 0.717) is 6.04 Å². The van der Waals surface area contributed by atoms with Crippen LogP contribution in [0.3, 0.4) is 0 Å². The lowest BCUT2D eigenvalue weighted by Crippen LogP contribution is -2.22. The third kappa shape index (κ3) is 3.85. The van der Waals surface area contributed by atoms with Crippen LogP contribution in [0.5, 0.6) is 0 Å². The van der Waals surface area contributed by atoms with E-state index >= 15 is 0 Å². The van der Waals surface area contributed by atoms with Gasteiger partial charge in [0.2, 0.25) is 0 Å². The van der Waals surface area contributed by atoms with Crippen molar-refractivity contribution in [3.8, 4) is 0 Å². The summed E-state index contributed by atoms with van der Waals surface area (Å²) in [5, 5.41) is 3.57. The molecular weight excluding hydrogens is 354 g/mol. The van der Waals surface area contributed by atoms with Gasteiger partial charge in [-0.25, -0.2) is 0 Å². The van der Waals surface area contributed by atoms with E-state index in [4.69, 9.17) is 11.6 Å². The molecule has 0 saturated heterocycles. The minimum atomic E-state index is 0.314. The Hall–Kier alpha value is -0.350. The quantitative estimate of drug-likeness (QED) is 0.712. The van der Waals surface area contributed by atoms with Gasteiger partial charge in [0.15, 0.2) is 0 Å². The Morgan fingerprint density at radius 1 is 1.30 bits per heavy atom. The lowest BCUT2D eigenvalue weighted by atomic mass is 9.98. The van der Waals surface area contributed by atoms with Crippen LogP contribution in [0.2, 0.25) is 4.34 Å². The van der Waals surface area contributed by atoms with E-state index in [2.05, 4.69) is 66.3 Å². The molecule has 0 amide bonds. The Labute approximate surface area is 138 Å². The number of rotatable bonds is 5.